The molecule has 3 rings (SSSR count). The van der Waals surface area contributed by atoms with Gasteiger partial charge in [-0.15, -0.1) is 0 Å². The average Bonchev–Trinajstić information content (AvgIpc) is 2.68. The predicted octanol–water partition coefficient (Wildman–Crippen LogP) is 3.16. The SMILES string of the molecule is Cc1ccc(C(=O)CCC(=O)N(C)Cc2nc3ccccc3c(=O)[nH]2)cc1C. The number of aromatic amines is 1. The fourth-order valence-electron chi connectivity index (χ4n) is 2.99. The Hall–Kier alpha value is -3.28. The molecule has 1 N–H and O–H groups in total. The zero-order valence-electron chi connectivity index (χ0n) is 16.3. The molecule has 28 heavy (non-hydrogen) atoms. The number of fused-ring (bicyclic) bond motifs is 1. The third-order valence-electron chi connectivity index (χ3n) is 4.87. The van der Waals surface area contributed by atoms with Crippen molar-refractivity contribution in [1.82, 2.24) is 14.9 Å². The fraction of sp³-hybridized carbons (Fsp3) is 0.273. The first kappa shape index (κ1) is 19.5. The number of H-pyrrole nitrogens is 1. The van der Waals surface area contributed by atoms with Crippen molar-refractivity contribution >= 4 is 22.6 Å². The van der Waals surface area contributed by atoms with Gasteiger partial charge >= 0.3 is 0 Å². The molecule has 0 unspecified atom stereocenters. The Morgan fingerprint density at radius 1 is 1.04 bits per heavy atom. The van der Waals surface area contributed by atoms with E-state index >= 15 is 0 Å². The molecular weight excluding hydrogens is 354 g/mol. The van der Waals surface area contributed by atoms with E-state index in [0.29, 0.717) is 22.3 Å². The molecule has 1 amide bonds. The highest BCUT2D eigenvalue weighted by atomic mass is 16.2. The molecule has 0 spiro atoms. The summed E-state index contributed by atoms with van der Waals surface area (Å²) < 4.78 is 0. The van der Waals surface area contributed by atoms with Crippen LogP contribution in [0.4, 0.5) is 0 Å². The second-order valence-corrected chi connectivity index (χ2v) is 7.00. The summed E-state index contributed by atoms with van der Waals surface area (Å²) in [5, 5.41) is 0.513. The molecule has 0 radical (unpaired) electrons. The molecule has 144 valence electrons. The normalized spacial score (nSPS) is 10.8. The van der Waals surface area contributed by atoms with E-state index in [1.807, 2.05) is 32.0 Å². The number of aryl methyl sites for hydroxylation is 2. The molecule has 6 heteroatoms. The van der Waals surface area contributed by atoms with Crippen LogP contribution in [0.1, 0.15) is 40.2 Å². The Balaban J connectivity index is 1.62. The lowest BCUT2D eigenvalue weighted by molar-refractivity contribution is -0.130. The lowest BCUT2D eigenvalue weighted by Crippen LogP contribution is -2.28. The second-order valence-electron chi connectivity index (χ2n) is 7.00. The largest absolute Gasteiger partial charge is 0.338 e. The number of Topliss-reactive ketones (excluding diaryl/α,β-unsaturated/α-hetero) is 1. The highest BCUT2D eigenvalue weighted by Crippen LogP contribution is 2.13. The maximum Gasteiger partial charge on any atom is 0.258 e. The topological polar surface area (TPSA) is 83.1 Å². The van der Waals surface area contributed by atoms with Crippen molar-refractivity contribution in [2.45, 2.75) is 33.2 Å². The van der Waals surface area contributed by atoms with Gasteiger partial charge < -0.3 is 9.88 Å². The molecule has 0 aliphatic heterocycles. The van der Waals surface area contributed by atoms with E-state index in [-0.39, 0.29) is 36.6 Å². The van der Waals surface area contributed by atoms with Gasteiger partial charge in [-0.25, -0.2) is 4.98 Å². The molecule has 0 fully saturated rings. The van der Waals surface area contributed by atoms with Gasteiger partial charge in [0.05, 0.1) is 17.4 Å². The van der Waals surface area contributed by atoms with E-state index in [4.69, 9.17) is 0 Å². The molecular formula is C22H23N3O3. The third-order valence-corrected chi connectivity index (χ3v) is 4.87. The minimum atomic E-state index is -0.230. The summed E-state index contributed by atoms with van der Waals surface area (Å²) in [4.78, 5) is 45.5. The average molecular weight is 377 g/mol. The molecule has 0 saturated heterocycles. The first-order valence-corrected chi connectivity index (χ1v) is 9.17. The fourth-order valence-corrected chi connectivity index (χ4v) is 2.99. The predicted molar refractivity (Wildman–Crippen MR) is 108 cm³/mol. The standard InChI is InChI=1S/C22H23N3O3/c1-14-8-9-16(12-15(14)2)19(26)10-11-21(27)25(3)13-20-23-18-7-5-4-6-17(18)22(28)24-20/h4-9,12H,10-11,13H2,1-3H3,(H,23,24,28). The van der Waals surface area contributed by atoms with Crippen LogP contribution in [0.5, 0.6) is 0 Å². The number of nitrogens with one attached hydrogen (secondary N) is 1. The molecule has 3 aromatic rings. The third kappa shape index (κ3) is 4.34. The summed E-state index contributed by atoms with van der Waals surface area (Å²) in [6.07, 6.45) is 0.257. The van der Waals surface area contributed by atoms with Crippen molar-refractivity contribution in [3.05, 3.63) is 75.3 Å². The molecule has 0 saturated carbocycles. The van der Waals surface area contributed by atoms with Crippen LogP contribution < -0.4 is 5.56 Å². The van der Waals surface area contributed by atoms with Gasteiger partial charge in [0, 0.05) is 25.5 Å². The molecule has 1 aromatic heterocycles. The van der Waals surface area contributed by atoms with Gasteiger partial charge in [0.15, 0.2) is 5.78 Å². The molecule has 1 heterocycles. The van der Waals surface area contributed by atoms with Gasteiger partial charge in [-0.2, -0.15) is 0 Å². The van der Waals surface area contributed by atoms with Crippen molar-refractivity contribution < 1.29 is 9.59 Å². The van der Waals surface area contributed by atoms with Crippen LogP contribution in [0.15, 0.2) is 47.3 Å². The quantitative estimate of drug-likeness (QED) is 0.669. The van der Waals surface area contributed by atoms with Gasteiger partial charge in [0.1, 0.15) is 5.82 Å². The first-order valence-electron chi connectivity index (χ1n) is 9.17. The summed E-state index contributed by atoms with van der Waals surface area (Å²) in [7, 11) is 1.64. The summed E-state index contributed by atoms with van der Waals surface area (Å²) in [5.41, 5.74) is 3.17. The number of amides is 1. The van der Waals surface area contributed by atoms with Gasteiger partial charge in [-0.05, 0) is 43.2 Å². The van der Waals surface area contributed by atoms with Gasteiger partial charge in [-0.3, -0.25) is 14.4 Å². The Morgan fingerprint density at radius 2 is 1.79 bits per heavy atom. The van der Waals surface area contributed by atoms with E-state index in [0.717, 1.165) is 11.1 Å². The lowest BCUT2D eigenvalue weighted by Gasteiger charge is -2.16. The number of para-hydroxylation sites is 1. The van der Waals surface area contributed by atoms with Gasteiger partial charge in [-0.1, -0.05) is 24.3 Å². The number of hydrogen-bond acceptors (Lipinski definition) is 4. The smallest absolute Gasteiger partial charge is 0.258 e. The minimum Gasteiger partial charge on any atom is -0.338 e. The molecule has 0 atom stereocenters. The van der Waals surface area contributed by atoms with Gasteiger partial charge in [0.2, 0.25) is 5.91 Å². The van der Waals surface area contributed by atoms with E-state index < -0.39 is 0 Å². The zero-order valence-corrected chi connectivity index (χ0v) is 16.3. The number of carbonyl (C=O) groups excluding carboxylic acids is 2. The number of benzene rings is 2. The maximum absolute atomic E-state index is 12.4. The van der Waals surface area contributed by atoms with Crippen LogP contribution in [0.25, 0.3) is 10.9 Å². The highest BCUT2D eigenvalue weighted by Gasteiger charge is 2.15. The number of hydrogen-bond donors (Lipinski definition) is 1. The molecule has 0 aliphatic rings. The van der Waals surface area contributed by atoms with Crippen molar-refractivity contribution in [3.63, 3.8) is 0 Å². The van der Waals surface area contributed by atoms with E-state index in [1.54, 1.807) is 31.3 Å². The Labute approximate surface area is 163 Å². The first-order chi connectivity index (χ1) is 13.3. The Kier molecular flexibility index (Phi) is 5.68. The summed E-state index contributed by atoms with van der Waals surface area (Å²) in [6.45, 7) is 4.13. The van der Waals surface area contributed by atoms with Crippen molar-refractivity contribution in [2.24, 2.45) is 0 Å². The van der Waals surface area contributed by atoms with Crippen LogP contribution in [0.2, 0.25) is 0 Å². The summed E-state index contributed by atoms with van der Waals surface area (Å²) >= 11 is 0. The Morgan fingerprint density at radius 3 is 2.54 bits per heavy atom. The number of ketones is 1. The van der Waals surface area contributed by atoms with Crippen LogP contribution in [0.3, 0.4) is 0 Å². The minimum absolute atomic E-state index is 0.0536. The number of rotatable bonds is 6. The molecule has 6 nitrogen and oxygen atoms in total. The summed E-state index contributed by atoms with van der Waals surface area (Å²) in [6, 6.07) is 12.6. The number of nitrogens with zero attached hydrogens (tertiary/aromatic N) is 2. The van der Waals surface area contributed by atoms with Crippen molar-refractivity contribution in [3.8, 4) is 0 Å². The zero-order chi connectivity index (χ0) is 20.3. The Bertz CT molecular complexity index is 1100. The van der Waals surface area contributed by atoms with Crippen LogP contribution in [-0.2, 0) is 11.3 Å². The second kappa shape index (κ2) is 8.17. The van der Waals surface area contributed by atoms with Crippen LogP contribution >= 0.6 is 0 Å². The van der Waals surface area contributed by atoms with E-state index in [9.17, 15) is 14.4 Å². The maximum atomic E-state index is 12.4. The molecule has 0 bridgehead atoms. The number of aromatic nitrogens is 2. The molecule has 2 aromatic carbocycles. The van der Waals surface area contributed by atoms with Crippen molar-refractivity contribution in [1.29, 1.82) is 0 Å². The van der Waals surface area contributed by atoms with E-state index in [2.05, 4.69) is 9.97 Å². The van der Waals surface area contributed by atoms with Crippen LogP contribution in [-0.4, -0.2) is 33.6 Å². The highest BCUT2D eigenvalue weighted by molar-refractivity contribution is 5.98. The van der Waals surface area contributed by atoms with Crippen molar-refractivity contribution in [2.75, 3.05) is 7.05 Å². The van der Waals surface area contributed by atoms with E-state index in [1.165, 1.54) is 4.90 Å². The molecule has 0 aliphatic carbocycles. The monoisotopic (exact) mass is 377 g/mol. The van der Waals surface area contributed by atoms with Crippen LogP contribution in [0, 0.1) is 13.8 Å². The summed E-state index contributed by atoms with van der Waals surface area (Å²) in [5.74, 6) is 0.190. The van der Waals surface area contributed by atoms with Gasteiger partial charge in [0.25, 0.3) is 5.56 Å². The lowest BCUT2D eigenvalue weighted by atomic mass is 10.0. The number of carbonyl (C=O) groups is 2.